The fourth-order valence-corrected chi connectivity index (χ4v) is 4.52. The molecule has 8 heteroatoms. The van der Waals surface area contributed by atoms with Gasteiger partial charge < -0.3 is 14.5 Å². The molecule has 1 amide bonds. The van der Waals surface area contributed by atoms with Crippen LogP contribution in [0.25, 0.3) is 10.2 Å². The average Bonchev–Trinajstić information content (AvgIpc) is 3.32. The Bertz CT molecular complexity index is 958. The number of aromatic nitrogens is 3. The van der Waals surface area contributed by atoms with Crippen molar-refractivity contribution in [3.63, 3.8) is 0 Å². The molecule has 1 aliphatic heterocycles. The number of amides is 1. The first kappa shape index (κ1) is 17.8. The number of carbonyl (C=O) groups is 1. The zero-order valence-corrected chi connectivity index (χ0v) is 16.6. The summed E-state index contributed by atoms with van der Waals surface area (Å²) < 4.78 is 8.09. The highest BCUT2D eigenvalue weighted by Gasteiger charge is 2.28. The van der Waals surface area contributed by atoms with Crippen LogP contribution in [0.1, 0.15) is 23.3 Å². The van der Waals surface area contributed by atoms with Gasteiger partial charge in [0, 0.05) is 39.4 Å². The fourth-order valence-electron chi connectivity index (χ4n) is 3.48. The number of thiazole rings is 1. The molecule has 1 aliphatic rings. The normalized spacial score (nSPS) is 15.3. The molecule has 0 spiro atoms. The predicted molar refractivity (Wildman–Crippen MR) is 107 cm³/mol. The van der Waals surface area contributed by atoms with Crippen molar-refractivity contribution in [3.05, 3.63) is 36.2 Å². The molecular formula is C19H23N5O2S. The molecule has 142 valence electrons. The Labute approximate surface area is 162 Å². The quantitative estimate of drug-likeness (QED) is 0.691. The second kappa shape index (κ2) is 7.19. The van der Waals surface area contributed by atoms with Crippen molar-refractivity contribution < 1.29 is 9.53 Å². The number of carbonyl (C=O) groups excluding carboxylic acids is 1. The van der Waals surface area contributed by atoms with E-state index in [2.05, 4.69) is 10.00 Å². The zero-order chi connectivity index (χ0) is 19.0. The van der Waals surface area contributed by atoms with Crippen LogP contribution in [-0.2, 0) is 7.05 Å². The second-order valence-electron chi connectivity index (χ2n) is 6.84. The SMILES string of the molecule is COc1ccc2nc(N3CCC(N(C)C(=O)c4ccn(C)n4)CC3)sc2c1. The lowest BCUT2D eigenvalue weighted by atomic mass is 10.0. The number of aryl methyl sites for hydroxylation is 1. The minimum Gasteiger partial charge on any atom is -0.497 e. The second-order valence-corrected chi connectivity index (χ2v) is 7.85. The van der Waals surface area contributed by atoms with Gasteiger partial charge in [-0.2, -0.15) is 5.10 Å². The van der Waals surface area contributed by atoms with E-state index in [4.69, 9.17) is 9.72 Å². The molecular weight excluding hydrogens is 362 g/mol. The number of nitrogens with zero attached hydrogens (tertiary/aromatic N) is 5. The van der Waals surface area contributed by atoms with E-state index >= 15 is 0 Å². The van der Waals surface area contributed by atoms with E-state index in [1.165, 1.54) is 0 Å². The molecule has 7 nitrogen and oxygen atoms in total. The number of piperidine rings is 1. The van der Waals surface area contributed by atoms with Crippen LogP contribution < -0.4 is 9.64 Å². The lowest BCUT2D eigenvalue weighted by Crippen LogP contribution is -2.45. The van der Waals surface area contributed by atoms with Crippen molar-refractivity contribution in [1.82, 2.24) is 19.7 Å². The van der Waals surface area contributed by atoms with Crippen LogP contribution in [0.4, 0.5) is 5.13 Å². The molecule has 0 atom stereocenters. The van der Waals surface area contributed by atoms with E-state index in [0.717, 1.165) is 47.0 Å². The Hall–Kier alpha value is -2.61. The molecule has 0 saturated carbocycles. The van der Waals surface area contributed by atoms with Gasteiger partial charge in [0.1, 0.15) is 11.4 Å². The van der Waals surface area contributed by atoms with E-state index in [1.54, 1.807) is 35.4 Å². The molecule has 0 unspecified atom stereocenters. The van der Waals surface area contributed by atoms with Crippen molar-refractivity contribution in [1.29, 1.82) is 0 Å². The molecule has 3 heterocycles. The van der Waals surface area contributed by atoms with E-state index in [-0.39, 0.29) is 11.9 Å². The minimum absolute atomic E-state index is 0.0128. The molecule has 1 aromatic carbocycles. The highest BCUT2D eigenvalue weighted by Crippen LogP contribution is 2.33. The smallest absolute Gasteiger partial charge is 0.274 e. The van der Waals surface area contributed by atoms with Gasteiger partial charge in [0.05, 0.1) is 17.3 Å². The number of ether oxygens (including phenoxy) is 1. The van der Waals surface area contributed by atoms with Gasteiger partial charge in [0.2, 0.25) is 0 Å². The molecule has 0 aliphatic carbocycles. The maximum atomic E-state index is 12.6. The third-order valence-corrected chi connectivity index (χ3v) is 6.20. The Morgan fingerprint density at radius 1 is 1.30 bits per heavy atom. The van der Waals surface area contributed by atoms with E-state index in [1.807, 2.05) is 37.2 Å². The van der Waals surface area contributed by atoms with Gasteiger partial charge in [-0.05, 0) is 37.1 Å². The largest absolute Gasteiger partial charge is 0.497 e. The minimum atomic E-state index is -0.0128. The van der Waals surface area contributed by atoms with Crippen LogP contribution in [0.3, 0.4) is 0 Å². The number of benzene rings is 1. The van der Waals surface area contributed by atoms with Gasteiger partial charge in [0.25, 0.3) is 5.91 Å². The molecule has 0 radical (unpaired) electrons. The first-order valence-corrected chi connectivity index (χ1v) is 9.83. The maximum absolute atomic E-state index is 12.6. The van der Waals surface area contributed by atoms with E-state index in [0.29, 0.717) is 5.69 Å². The lowest BCUT2D eigenvalue weighted by molar-refractivity contribution is 0.0702. The monoisotopic (exact) mass is 385 g/mol. The van der Waals surface area contributed by atoms with Crippen molar-refractivity contribution in [3.8, 4) is 5.75 Å². The number of rotatable bonds is 4. The van der Waals surface area contributed by atoms with E-state index in [9.17, 15) is 4.79 Å². The first-order chi connectivity index (χ1) is 13.0. The summed E-state index contributed by atoms with van der Waals surface area (Å²) in [4.78, 5) is 21.5. The number of fused-ring (bicyclic) bond motifs is 1. The van der Waals surface area contributed by atoms with Gasteiger partial charge in [-0.15, -0.1) is 0 Å². The fraction of sp³-hybridized carbons (Fsp3) is 0.421. The van der Waals surface area contributed by atoms with Crippen molar-refractivity contribution in [2.75, 3.05) is 32.1 Å². The zero-order valence-electron chi connectivity index (χ0n) is 15.8. The van der Waals surface area contributed by atoms with Crippen LogP contribution in [0.15, 0.2) is 30.5 Å². The Morgan fingerprint density at radius 3 is 2.74 bits per heavy atom. The summed E-state index contributed by atoms with van der Waals surface area (Å²) in [6.45, 7) is 1.78. The summed E-state index contributed by atoms with van der Waals surface area (Å²) in [5, 5.41) is 5.26. The Balaban J connectivity index is 1.42. The number of anilines is 1. The predicted octanol–water partition coefficient (Wildman–Crippen LogP) is 2.78. The molecule has 27 heavy (non-hydrogen) atoms. The van der Waals surface area contributed by atoms with Crippen LogP contribution in [0.5, 0.6) is 5.75 Å². The Kier molecular flexibility index (Phi) is 4.73. The van der Waals surface area contributed by atoms with Crippen LogP contribution in [-0.4, -0.2) is 58.9 Å². The number of hydrogen-bond donors (Lipinski definition) is 0. The van der Waals surface area contributed by atoms with Gasteiger partial charge in [0.15, 0.2) is 5.13 Å². The Morgan fingerprint density at radius 2 is 2.07 bits per heavy atom. The third-order valence-electron chi connectivity index (χ3n) is 5.12. The standard InChI is InChI=1S/C19H23N5O2S/c1-22-9-8-16(21-22)18(25)23(2)13-6-10-24(11-7-13)19-20-15-5-4-14(26-3)12-17(15)27-19/h4-5,8-9,12-13H,6-7,10-11H2,1-3H3. The summed E-state index contributed by atoms with van der Waals surface area (Å²) in [6.07, 6.45) is 3.65. The topological polar surface area (TPSA) is 63.5 Å². The van der Waals surface area contributed by atoms with Crippen LogP contribution in [0, 0.1) is 0 Å². The summed E-state index contributed by atoms with van der Waals surface area (Å²) in [5.41, 5.74) is 1.50. The molecule has 1 fully saturated rings. The first-order valence-electron chi connectivity index (χ1n) is 9.01. The highest BCUT2D eigenvalue weighted by atomic mass is 32.1. The average molecular weight is 385 g/mol. The van der Waals surface area contributed by atoms with Crippen molar-refractivity contribution in [2.24, 2.45) is 7.05 Å². The molecule has 2 aromatic heterocycles. The number of hydrogen-bond acceptors (Lipinski definition) is 6. The summed E-state index contributed by atoms with van der Waals surface area (Å²) in [6, 6.07) is 7.97. The van der Waals surface area contributed by atoms with Gasteiger partial charge in [-0.3, -0.25) is 9.48 Å². The van der Waals surface area contributed by atoms with Gasteiger partial charge in [-0.1, -0.05) is 11.3 Å². The summed E-state index contributed by atoms with van der Waals surface area (Å²) >= 11 is 1.69. The molecule has 4 rings (SSSR count). The third kappa shape index (κ3) is 3.49. The summed E-state index contributed by atoms with van der Waals surface area (Å²) in [5.74, 6) is 0.840. The van der Waals surface area contributed by atoms with Gasteiger partial charge >= 0.3 is 0 Å². The van der Waals surface area contributed by atoms with E-state index < -0.39 is 0 Å². The highest BCUT2D eigenvalue weighted by molar-refractivity contribution is 7.22. The number of methoxy groups -OCH3 is 1. The van der Waals surface area contributed by atoms with Crippen molar-refractivity contribution in [2.45, 2.75) is 18.9 Å². The molecule has 0 bridgehead atoms. The molecule has 1 saturated heterocycles. The summed E-state index contributed by atoms with van der Waals surface area (Å²) in [7, 11) is 5.38. The lowest BCUT2D eigenvalue weighted by Gasteiger charge is -2.36. The molecule has 3 aromatic rings. The van der Waals surface area contributed by atoms with Crippen LogP contribution in [0.2, 0.25) is 0 Å². The van der Waals surface area contributed by atoms with Gasteiger partial charge in [-0.25, -0.2) is 4.98 Å². The molecule has 0 N–H and O–H groups in total. The van der Waals surface area contributed by atoms with Crippen molar-refractivity contribution >= 4 is 32.6 Å². The van der Waals surface area contributed by atoms with Crippen LogP contribution >= 0.6 is 11.3 Å². The maximum Gasteiger partial charge on any atom is 0.274 e.